The van der Waals surface area contributed by atoms with Crippen LogP contribution in [0.5, 0.6) is 0 Å². The maximum atomic E-state index is 12.5. The molecule has 0 saturated carbocycles. The average Bonchev–Trinajstić information content (AvgIpc) is 2.02. The van der Waals surface area contributed by atoms with Crippen molar-refractivity contribution in [1.82, 2.24) is 0 Å². The van der Waals surface area contributed by atoms with Gasteiger partial charge in [0, 0.05) is 5.56 Å². The highest BCUT2D eigenvalue weighted by molar-refractivity contribution is 6.33. The highest BCUT2D eigenvalue weighted by Gasteiger charge is 2.32. The first-order valence-corrected chi connectivity index (χ1v) is 4.50. The van der Waals surface area contributed by atoms with Crippen molar-refractivity contribution >= 4 is 13.3 Å². The number of benzene rings is 1. The third-order valence-corrected chi connectivity index (χ3v) is 2.23. The van der Waals surface area contributed by atoms with Crippen molar-refractivity contribution < 1.29 is 13.2 Å². The Morgan fingerprint density at radius 2 is 1.79 bits per heavy atom. The van der Waals surface area contributed by atoms with Gasteiger partial charge in [0.25, 0.3) is 0 Å². The first-order valence-electron chi connectivity index (χ1n) is 4.50. The van der Waals surface area contributed by atoms with Gasteiger partial charge in [0.1, 0.15) is 7.85 Å². The lowest BCUT2D eigenvalue weighted by molar-refractivity contribution is -0.136. The molecule has 14 heavy (non-hydrogen) atoms. The van der Waals surface area contributed by atoms with E-state index in [1.165, 1.54) is 20.0 Å². The molecule has 0 radical (unpaired) electrons. The summed E-state index contributed by atoms with van der Waals surface area (Å²) in [5, 5.41) is 0. The fourth-order valence-electron chi connectivity index (χ4n) is 1.30. The van der Waals surface area contributed by atoms with E-state index in [9.17, 15) is 13.2 Å². The monoisotopic (exact) mass is 200 g/mol. The molecule has 0 aliphatic carbocycles. The SMILES string of the molecule is Bc1ccc(C(C)C)cc1C(F)(F)F. The zero-order valence-corrected chi connectivity index (χ0v) is 8.44. The summed E-state index contributed by atoms with van der Waals surface area (Å²) >= 11 is 0. The van der Waals surface area contributed by atoms with E-state index in [1.807, 2.05) is 13.8 Å². The largest absolute Gasteiger partial charge is 0.415 e. The number of hydrogen-bond acceptors (Lipinski definition) is 0. The summed E-state index contributed by atoms with van der Waals surface area (Å²) in [6.45, 7) is 3.76. The molecule has 1 rings (SSSR count). The Kier molecular flexibility index (Phi) is 2.93. The third kappa shape index (κ3) is 2.31. The fraction of sp³-hybridized carbons (Fsp3) is 0.400. The summed E-state index contributed by atoms with van der Waals surface area (Å²) in [6, 6.07) is 4.51. The van der Waals surface area contributed by atoms with Crippen LogP contribution in [0.2, 0.25) is 0 Å². The fourth-order valence-corrected chi connectivity index (χ4v) is 1.30. The number of rotatable bonds is 1. The van der Waals surface area contributed by atoms with Crippen LogP contribution in [-0.4, -0.2) is 7.85 Å². The van der Waals surface area contributed by atoms with Gasteiger partial charge < -0.3 is 0 Å². The molecule has 0 heterocycles. The van der Waals surface area contributed by atoms with Crippen LogP contribution in [0, 0.1) is 0 Å². The zero-order valence-electron chi connectivity index (χ0n) is 8.44. The summed E-state index contributed by atoms with van der Waals surface area (Å²) in [6.07, 6.45) is -4.24. The predicted octanol–water partition coefficient (Wildman–Crippen LogP) is 2.09. The highest BCUT2D eigenvalue weighted by atomic mass is 19.4. The lowest BCUT2D eigenvalue weighted by Crippen LogP contribution is -2.20. The molecule has 1 aromatic rings. The Hall–Kier alpha value is -0.925. The van der Waals surface area contributed by atoms with E-state index in [1.54, 1.807) is 6.07 Å². The quantitative estimate of drug-likeness (QED) is 0.609. The van der Waals surface area contributed by atoms with Gasteiger partial charge in [-0.1, -0.05) is 31.4 Å². The molecule has 0 N–H and O–H groups in total. The van der Waals surface area contributed by atoms with Gasteiger partial charge in [-0.25, -0.2) is 0 Å². The number of halogens is 3. The van der Waals surface area contributed by atoms with Crippen LogP contribution < -0.4 is 5.46 Å². The first-order chi connectivity index (χ1) is 6.32. The molecule has 0 aromatic heterocycles. The third-order valence-electron chi connectivity index (χ3n) is 2.23. The van der Waals surface area contributed by atoms with Crippen molar-refractivity contribution in [3.63, 3.8) is 0 Å². The van der Waals surface area contributed by atoms with Crippen molar-refractivity contribution in [2.24, 2.45) is 0 Å². The summed E-state index contributed by atoms with van der Waals surface area (Å²) in [5.74, 6) is 0.122. The van der Waals surface area contributed by atoms with E-state index >= 15 is 0 Å². The van der Waals surface area contributed by atoms with Crippen LogP contribution in [0.3, 0.4) is 0 Å². The molecule has 0 saturated heterocycles. The molecule has 0 bridgehead atoms. The molecule has 1 aromatic carbocycles. The molecule has 0 fully saturated rings. The van der Waals surface area contributed by atoms with Gasteiger partial charge >= 0.3 is 6.18 Å². The maximum absolute atomic E-state index is 12.5. The molecule has 0 aliphatic heterocycles. The van der Waals surface area contributed by atoms with Crippen LogP contribution >= 0.6 is 0 Å². The highest BCUT2D eigenvalue weighted by Crippen LogP contribution is 2.29. The first kappa shape index (κ1) is 11.2. The van der Waals surface area contributed by atoms with Gasteiger partial charge in [0.15, 0.2) is 0 Å². The van der Waals surface area contributed by atoms with Crippen LogP contribution in [0.4, 0.5) is 13.2 Å². The standard InChI is InChI=1S/C10H12BF3/c1-6(2)7-3-4-9(11)8(5-7)10(12,13)14/h3-6H,11H2,1-2H3. The van der Waals surface area contributed by atoms with Gasteiger partial charge in [-0.05, 0) is 17.5 Å². The number of hydrogen-bond donors (Lipinski definition) is 0. The molecule has 0 amide bonds. The van der Waals surface area contributed by atoms with Crippen LogP contribution in [0.1, 0.15) is 30.9 Å². The Balaban J connectivity index is 3.22. The van der Waals surface area contributed by atoms with E-state index in [0.29, 0.717) is 0 Å². The molecule has 0 nitrogen and oxygen atoms in total. The van der Waals surface area contributed by atoms with Gasteiger partial charge in [-0.15, -0.1) is 0 Å². The lowest BCUT2D eigenvalue weighted by Gasteiger charge is -2.13. The van der Waals surface area contributed by atoms with E-state index in [2.05, 4.69) is 0 Å². The van der Waals surface area contributed by atoms with Crippen LogP contribution in [-0.2, 0) is 6.18 Å². The van der Waals surface area contributed by atoms with Gasteiger partial charge in [0.2, 0.25) is 0 Å². The zero-order chi connectivity index (χ0) is 10.9. The summed E-state index contributed by atoms with van der Waals surface area (Å²) in [7, 11) is 1.48. The lowest BCUT2D eigenvalue weighted by atomic mass is 9.87. The molecule has 0 atom stereocenters. The van der Waals surface area contributed by atoms with Gasteiger partial charge in [0.05, 0.1) is 0 Å². The second-order valence-corrected chi connectivity index (χ2v) is 3.73. The molecule has 0 spiro atoms. The predicted molar refractivity (Wildman–Crippen MR) is 53.7 cm³/mol. The molecule has 0 unspecified atom stereocenters. The Morgan fingerprint density at radius 3 is 2.21 bits per heavy atom. The Labute approximate surface area is 82.5 Å². The molecule has 76 valence electrons. The molecule has 0 aliphatic rings. The summed E-state index contributed by atoms with van der Waals surface area (Å²) < 4.78 is 37.5. The van der Waals surface area contributed by atoms with Crippen LogP contribution in [0.15, 0.2) is 18.2 Å². The average molecular weight is 200 g/mol. The van der Waals surface area contributed by atoms with E-state index < -0.39 is 11.7 Å². The summed E-state index contributed by atoms with van der Waals surface area (Å²) in [5.41, 5.74) is 0.480. The van der Waals surface area contributed by atoms with E-state index in [0.717, 1.165) is 5.56 Å². The topological polar surface area (TPSA) is 0 Å². The van der Waals surface area contributed by atoms with E-state index in [4.69, 9.17) is 0 Å². The minimum Gasteiger partial charge on any atom is -0.166 e. The van der Waals surface area contributed by atoms with Crippen molar-refractivity contribution in [2.45, 2.75) is 25.9 Å². The van der Waals surface area contributed by atoms with Crippen molar-refractivity contribution in [2.75, 3.05) is 0 Å². The summed E-state index contributed by atoms with van der Waals surface area (Å²) in [4.78, 5) is 0. The minimum absolute atomic E-state index is 0.122. The van der Waals surface area contributed by atoms with Crippen molar-refractivity contribution in [3.05, 3.63) is 29.3 Å². The minimum atomic E-state index is -4.24. The second-order valence-electron chi connectivity index (χ2n) is 3.73. The van der Waals surface area contributed by atoms with Crippen LogP contribution in [0.25, 0.3) is 0 Å². The molecular formula is C10H12BF3. The van der Waals surface area contributed by atoms with Crippen molar-refractivity contribution in [1.29, 1.82) is 0 Å². The van der Waals surface area contributed by atoms with E-state index in [-0.39, 0.29) is 11.4 Å². The molecule has 4 heteroatoms. The normalized spacial score (nSPS) is 12.1. The number of alkyl halides is 3. The van der Waals surface area contributed by atoms with Gasteiger partial charge in [-0.2, -0.15) is 13.2 Å². The molecular weight excluding hydrogens is 188 g/mol. The Bertz CT molecular complexity index is 329. The second kappa shape index (κ2) is 3.68. The Morgan fingerprint density at radius 1 is 1.21 bits per heavy atom. The maximum Gasteiger partial charge on any atom is 0.415 e. The van der Waals surface area contributed by atoms with Crippen molar-refractivity contribution in [3.8, 4) is 0 Å². The smallest absolute Gasteiger partial charge is 0.166 e. The van der Waals surface area contributed by atoms with Gasteiger partial charge in [-0.3, -0.25) is 0 Å².